The summed E-state index contributed by atoms with van der Waals surface area (Å²) in [7, 11) is 0. The summed E-state index contributed by atoms with van der Waals surface area (Å²) in [4.78, 5) is 0. The van der Waals surface area contributed by atoms with Crippen molar-refractivity contribution in [3.8, 4) is 0 Å². The van der Waals surface area contributed by atoms with E-state index in [1.54, 1.807) is 0 Å². The SMILES string of the molecule is c1cc2c(o1)CCNC21C[C@@H]2COC[C@@H]21. The Morgan fingerprint density at radius 1 is 1.40 bits per heavy atom. The third-order valence-corrected chi connectivity index (χ3v) is 4.43. The summed E-state index contributed by atoms with van der Waals surface area (Å²) in [5, 5.41) is 3.71. The molecule has 0 amide bonds. The molecule has 1 unspecified atom stereocenters. The van der Waals surface area contributed by atoms with E-state index in [-0.39, 0.29) is 5.54 Å². The van der Waals surface area contributed by atoms with Gasteiger partial charge in [-0.3, -0.25) is 0 Å². The molecule has 80 valence electrons. The van der Waals surface area contributed by atoms with E-state index in [1.165, 1.54) is 17.7 Å². The van der Waals surface area contributed by atoms with Gasteiger partial charge in [-0.2, -0.15) is 0 Å². The van der Waals surface area contributed by atoms with Crippen molar-refractivity contribution in [1.29, 1.82) is 0 Å². The molecule has 3 nitrogen and oxygen atoms in total. The van der Waals surface area contributed by atoms with Crippen LogP contribution in [0, 0.1) is 11.8 Å². The number of nitrogens with one attached hydrogen (secondary N) is 1. The van der Waals surface area contributed by atoms with Crippen molar-refractivity contribution in [2.24, 2.45) is 11.8 Å². The summed E-state index contributed by atoms with van der Waals surface area (Å²) < 4.78 is 11.1. The predicted octanol–water partition coefficient (Wildman–Crippen LogP) is 1.29. The van der Waals surface area contributed by atoms with Crippen molar-refractivity contribution < 1.29 is 9.15 Å². The highest BCUT2D eigenvalue weighted by molar-refractivity contribution is 5.35. The lowest BCUT2D eigenvalue weighted by molar-refractivity contribution is 0.0300. The summed E-state index contributed by atoms with van der Waals surface area (Å²) in [6, 6.07) is 2.15. The fourth-order valence-electron chi connectivity index (χ4n) is 3.69. The van der Waals surface area contributed by atoms with Gasteiger partial charge in [-0.15, -0.1) is 0 Å². The number of rotatable bonds is 0. The van der Waals surface area contributed by atoms with Crippen LogP contribution in [0.1, 0.15) is 17.7 Å². The third-order valence-electron chi connectivity index (χ3n) is 4.43. The van der Waals surface area contributed by atoms with E-state index in [4.69, 9.17) is 9.15 Å². The molecule has 1 aromatic rings. The molecule has 4 rings (SSSR count). The van der Waals surface area contributed by atoms with Crippen LogP contribution in [0.4, 0.5) is 0 Å². The van der Waals surface area contributed by atoms with Crippen molar-refractivity contribution in [1.82, 2.24) is 5.32 Å². The maximum absolute atomic E-state index is 5.58. The first-order valence-corrected chi connectivity index (χ1v) is 5.80. The molecular weight excluding hydrogens is 190 g/mol. The first-order chi connectivity index (χ1) is 7.40. The summed E-state index contributed by atoms with van der Waals surface area (Å²) in [6.45, 7) is 2.92. The quantitative estimate of drug-likeness (QED) is 0.693. The van der Waals surface area contributed by atoms with Crippen molar-refractivity contribution >= 4 is 0 Å². The highest BCUT2D eigenvalue weighted by Crippen LogP contribution is 2.55. The van der Waals surface area contributed by atoms with Crippen LogP contribution in [0.15, 0.2) is 16.7 Å². The second-order valence-electron chi connectivity index (χ2n) is 5.01. The van der Waals surface area contributed by atoms with Crippen LogP contribution in [0.3, 0.4) is 0 Å². The number of furan rings is 1. The van der Waals surface area contributed by atoms with Gasteiger partial charge in [-0.1, -0.05) is 0 Å². The molecule has 1 saturated heterocycles. The lowest BCUT2D eigenvalue weighted by Crippen LogP contribution is -2.62. The molecular formula is C12H15NO2. The van der Waals surface area contributed by atoms with E-state index in [2.05, 4.69) is 11.4 Å². The Balaban J connectivity index is 1.80. The highest BCUT2D eigenvalue weighted by Gasteiger charge is 2.59. The Morgan fingerprint density at radius 2 is 2.40 bits per heavy atom. The van der Waals surface area contributed by atoms with Crippen molar-refractivity contribution in [2.45, 2.75) is 18.4 Å². The van der Waals surface area contributed by atoms with Gasteiger partial charge in [0.1, 0.15) is 5.76 Å². The molecule has 0 aromatic carbocycles. The Kier molecular flexibility index (Phi) is 1.48. The molecule has 0 bridgehead atoms. The zero-order valence-corrected chi connectivity index (χ0v) is 8.66. The second-order valence-corrected chi connectivity index (χ2v) is 5.01. The molecule has 2 aliphatic heterocycles. The summed E-state index contributed by atoms with van der Waals surface area (Å²) >= 11 is 0. The Labute approximate surface area is 88.8 Å². The number of ether oxygens (including phenoxy) is 1. The van der Waals surface area contributed by atoms with Crippen molar-refractivity contribution in [3.63, 3.8) is 0 Å². The zero-order chi connectivity index (χ0) is 9.88. The van der Waals surface area contributed by atoms with Crippen molar-refractivity contribution in [3.05, 3.63) is 23.7 Å². The lowest BCUT2D eigenvalue weighted by atomic mass is 9.57. The molecule has 3 aliphatic rings. The molecule has 3 heteroatoms. The minimum Gasteiger partial charge on any atom is -0.469 e. The van der Waals surface area contributed by atoms with Crippen LogP contribution >= 0.6 is 0 Å². The van der Waals surface area contributed by atoms with Gasteiger partial charge in [0.2, 0.25) is 0 Å². The molecule has 3 atom stereocenters. The van der Waals surface area contributed by atoms with E-state index in [0.29, 0.717) is 5.92 Å². The first-order valence-electron chi connectivity index (χ1n) is 5.80. The molecule has 1 aliphatic carbocycles. The van der Waals surface area contributed by atoms with Crippen LogP contribution in [0.25, 0.3) is 0 Å². The largest absolute Gasteiger partial charge is 0.469 e. The van der Waals surface area contributed by atoms with E-state index in [0.717, 1.165) is 32.1 Å². The first kappa shape index (κ1) is 8.36. The zero-order valence-electron chi connectivity index (χ0n) is 8.66. The average Bonchev–Trinajstić information content (AvgIpc) is 2.82. The summed E-state index contributed by atoms with van der Waals surface area (Å²) in [5.74, 6) is 2.64. The minimum absolute atomic E-state index is 0.196. The van der Waals surface area contributed by atoms with E-state index in [9.17, 15) is 0 Å². The molecule has 1 spiro atoms. The monoisotopic (exact) mass is 205 g/mol. The molecule has 3 heterocycles. The maximum Gasteiger partial charge on any atom is 0.110 e. The average molecular weight is 205 g/mol. The van der Waals surface area contributed by atoms with Gasteiger partial charge in [-0.25, -0.2) is 0 Å². The van der Waals surface area contributed by atoms with Crippen LogP contribution < -0.4 is 5.32 Å². The third kappa shape index (κ3) is 0.887. The van der Waals surface area contributed by atoms with Gasteiger partial charge < -0.3 is 14.5 Å². The Hall–Kier alpha value is -0.800. The fraction of sp³-hybridized carbons (Fsp3) is 0.667. The Morgan fingerprint density at radius 3 is 3.33 bits per heavy atom. The smallest absolute Gasteiger partial charge is 0.110 e. The van der Waals surface area contributed by atoms with Gasteiger partial charge >= 0.3 is 0 Å². The van der Waals surface area contributed by atoms with Gasteiger partial charge in [-0.05, 0) is 18.4 Å². The van der Waals surface area contributed by atoms with E-state index >= 15 is 0 Å². The highest BCUT2D eigenvalue weighted by atomic mass is 16.5. The van der Waals surface area contributed by atoms with Crippen LogP contribution in [-0.4, -0.2) is 19.8 Å². The van der Waals surface area contributed by atoms with Crippen LogP contribution in [0.2, 0.25) is 0 Å². The number of hydrogen-bond donors (Lipinski definition) is 1. The van der Waals surface area contributed by atoms with E-state index in [1.807, 2.05) is 6.26 Å². The summed E-state index contributed by atoms with van der Waals surface area (Å²) in [6.07, 6.45) is 4.09. The normalized spacial score (nSPS) is 42.4. The topological polar surface area (TPSA) is 34.4 Å². The van der Waals surface area contributed by atoms with Gasteiger partial charge in [0, 0.05) is 31.1 Å². The van der Waals surface area contributed by atoms with E-state index < -0.39 is 0 Å². The lowest BCUT2D eigenvalue weighted by Gasteiger charge is -2.53. The molecule has 0 radical (unpaired) electrons. The predicted molar refractivity (Wildman–Crippen MR) is 54.5 cm³/mol. The van der Waals surface area contributed by atoms with Gasteiger partial charge in [0.25, 0.3) is 0 Å². The van der Waals surface area contributed by atoms with Gasteiger partial charge in [0.05, 0.1) is 18.4 Å². The Bertz CT molecular complexity index is 400. The fourth-order valence-corrected chi connectivity index (χ4v) is 3.69. The molecule has 1 aromatic heterocycles. The van der Waals surface area contributed by atoms with Crippen LogP contribution in [0.5, 0.6) is 0 Å². The molecule has 15 heavy (non-hydrogen) atoms. The van der Waals surface area contributed by atoms with Gasteiger partial charge in [0.15, 0.2) is 0 Å². The molecule has 2 fully saturated rings. The van der Waals surface area contributed by atoms with Crippen molar-refractivity contribution in [2.75, 3.05) is 19.8 Å². The molecule has 1 saturated carbocycles. The maximum atomic E-state index is 5.58. The minimum atomic E-state index is 0.196. The number of hydrogen-bond acceptors (Lipinski definition) is 3. The molecule has 1 N–H and O–H groups in total. The van der Waals surface area contributed by atoms with Crippen LogP contribution in [-0.2, 0) is 16.7 Å². The summed E-state index contributed by atoms with van der Waals surface area (Å²) in [5.41, 5.74) is 1.60. The standard InChI is InChI=1S/C12H15NO2/c1-3-13-12(9-2-4-15-11(1)9)5-8-6-14-7-10(8)12/h2,4,8,10,13H,1,3,5-7H2/t8-,10+,12?/m1/s1. The second kappa shape index (κ2) is 2.66. The number of fused-ring (bicyclic) bond motifs is 4.